The van der Waals surface area contributed by atoms with Crippen LogP contribution in [0.25, 0.3) is 6.08 Å². The number of hydrogen-bond acceptors (Lipinski definition) is 5. The predicted molar refractivity (Wildman–Crippen MR) is 124 cm³/mol. The number of para-hydroxylation sites is 2. The number of amides is 1. The number of carbonyl (C=O) groups excluding carboxylic acids is 1. The van der Waals surface area contributed by atoms with Crippen molar-refractivity contribution in [3.8, 4) is 17.6 Å². The maximum Gasteiger partial charge on any atom is 0.266 e. The summed E-state index contributed by atoms with van der Waals surface area (Å²) in [6.07, 6.45) is 1.34. The van der Waals surface area contributed by atoms with Crippen molar-refractivity contribution in [2.24, 2.45) is 0 Å². The number of halogens is 3. The van der Waals surface area contributed by atoms with E-state index in [9.17, 15) is 10.1 Å². The molecule has 1 aromatic heterocycles. The zero-order valence-corrected chi connectivity index (χ0v) is 19.1. The van der Waals surface area contributed by atoms with Crippen LogP contribution in [0.15, 0.2) is 58.5 Å². The molecule has 0 bridgehead atoms. The molecule has 0 saturated carbocycles. The Hall–Kier alpha value is -3.11. The Morgan fingerprint density at radius 3 is 2.53 bits per heavy atom. The summed E-state index contributed by atoms with van der Waals surface area (Å²) in [5.74, 6) is 0.946. The van der Waals surface area contributed by atoms with Crippen LogP contribution < -0.4 is 14.8 Å². The summed E-state index contributed by atoms with van der Waals surface area (Å²) in [4.78, 5) is 12.6. The number of furan rings is 1. The Morgan fingerprint density at radius 2 is 1.84 bits per heavy atom. The first kappa shape index (κ1) is 23.6. The summed E-state index contributed by atoms with van der Waals surface area (Å²) in [5.41, 5.74) is 0.327. The van der Waals surface area contributed by atoms with Crippen molar-refractivity contribution in [2.45, 2.75) is 13.5 Å². The number of rotatable bonds is 8. The lowest BCUT2D eigenvalue weighted by atomic mass is 10.2. The zero-order valence-electron chi connectivity index (χ0n) is 16.8. The first-order chi connectivity index (χ1) is 15.4. The van der Waals surface area contributed by atoms with Gasteiger partial charge in [0.2, 0.25) is 0 Å². The van der Waals surface area contributed by atoms with Gasteiger partial charge >= 0.3 is 0 Å². The van der Waals surface area contributed by atoms with E-state index in [1.165, 1.54) is 18.2 Å². The van der Waals surface area contributed by atoms with Gasteiger partial charge in [0.1, 0.15) is 35.5 Å². The Bertz CT molecular complexity index is 1170. The largest absolute Gasteiger partial charge is 0.492 e. The maximum atomic E-state index is 12.6. The van der Waals surface area contributed by atoms with E-state index >= 15 is 0 Å². The molecule has 1 amide bonds. The maximum absolute atomic E-state index is 12.6. The van der Waals surface area contributed by atoms with Gasteiger partial charge < -0.3 is 19.2 Å². The van der Waals surface area contributed by atoms with Crippen molar-refractivity contribution in [1.29, 1.82) is 5.26 Å². The van der Waals surface area contributed by atoms with E-state index in [1.54, 1.807) is 36.4 Å². The van der Waals surface area contributed by atoms with Crippen molar-refractivity contribution in [1.82, 2.24) is 0 Å². The van der Waals surface area contributed by atoms with Crippen LogP contribution in [-0.4, -0.2) is 12.5 Å². The minimum absolute atomic E-state index is 0.0325. The first-order valence-corrected chi connectivity index (χ1v) is 10.6. The van der Waals surface area contributed by atoms with Crippen LogP contribution in [0.5, 0.6) is 11.5 Å². The lowest BCUT2D eigenvalue weighted by Gasteiger charge is -2.10. The number of benzene rings is 2. The number of nitriles is 1. The van der Waals surface area contributed by atoms with E-state index in [4.69, 9.17) is 48.7 Å². The van der Waals surface area contributed by atoms with Crippen LogP contribution in [0.1, 0.15) is 18.4 Å². The molecule has 0 aliphatic rings. The summed E-state index contributed by atoms with van der Waals surface area (Å²) >= 11 is 18.1. The summed E-state index contributed by atoms with van der Waals surface area (Å²) in [6, 6.07) is 15.1. The Kier molecular flexibility index (Phi) is 8.07. The van der Waals surface area contributed by atoms with Gasteiger partial charge in [0.15, 0.2) is 5.75 Å². The minimum Gasteiger partial charge on any atom is -0.492 e. The molecule has 0 aliphatic heterocycles. The number of nitrogens with one attached hydrogen (secondary N) is 1. The fourth-order valence-corrected chi connectivity index (χ4v) is 3.62. The molecule has 9 heteroatoms. The Labute approximate surface area is 199 Å². The molecule has 3 rings (SSSR count). The molecule has 1 heterocycles. The molecule has 2 aromatic carbocycles. The second-order valence-corrected chi connectivity index (χ2v) is 7.60. The second kappa shape index (κ2) is 11.0. The van der Waals surface area contributed by atoms with Crippen LogP contribution in [0, 0.1) is 11.3 Å². The molecule has 1 N–H and O–H groups in total. The van der Waals surface area contributed by atoms with Crippen molar-refractivity contribution >= 4 is 52.5 Å². The average Bonchev–Trinajstić information content (AvgIpc) is 3.20. The molecule has 0 spiro atoms. The van der Waals surface area contributed by atoms with Crippen molar-refractivity contribution in [3.63, 3.8) is 0 Å². The Balaban J connectivity index is 1.70. The molecule has 0 radical (unpaired) electrons. The molecule has 0 aliphatic carbocycles. The van der Waals surface area contributed by atoms with Gasteiger partial charge in [-0.25, -0.2) is 0 Å². The zero-order chi connectivity index (χ0) is 23.1. The molecular formula is C23H17Cl3N2O4. The molecule has 0 unspecified atom stereocenters. The second-order valence-electron chi connectivity index (χ2n) is 6.34. The number of carbonyl (C=O) groups is 1. The monoisotopic (exact) mass is 490 g/mol. The molecular weight excluding hydrogens is 475 g/mol. The molecule has 6 nitrogen and oxygen atoms in total. The van der Waals surface area contributed by atoms with Crippen LogP contribution in [0.4, 0.5) is 5.69 Å². The molecule has 0 atom stereocenters. The highest BCUT2D eigenvalue weighted by Gasteiger charge is 2.14. The Morgan fingerprint density at radius 1 is 1.12 bits per heavy atom. The average molecular weight is 492 g/mol. The third kappa shape index (κ3) is 5.98. The lowest BCUT2D eigenvalue weighted by Crippen LogP contribution is -2.14. The summed E-state index contributed by atoms with van der Waals surface area (Å²) in [6.45, 7) is 2.31. The van der Waals surface area contributed by atoms with E-state index in [0.29, 0.717) is 34.6 Å². The predicted octanol–water partition coefficient (Wildman–Crippen LogP) is 6.76. The van der Waals surface area contributed by atoms with Gasteiger partial charge in [0.05, 0.1) is 22.3 Å². The van der Waals surface area contributed by atoms with Gasteiger partial charge in [-0.3, -0.25) is 4.79 Å². The molecule has 0 saturated heterocycles. The van der Waals surface area contributed by atoms with Crippen molar-refractivity contribution in [3.05, 3.63) is 80.7 Å². The number of hydrogen-bond donors (Lipinski definition) is 1. The fourth-order valence-electron chi connectivity index (χ4n) is 2.69. The van der Waals surface area contributed by atoms with E-state index in [2.05, 4.69) is 5.32 Å². The van der Waals surface area contributed by atoms with Crippen LogP contribution >= 0.6 is 34.8 Å². The summed E-state index contributed by atoms with van der Waals surface area (Å²) in [7, 11) is 0. The summed E-state index contributed by atoms with van der Waals surface area (Å²) in [5, 5.41) is 13.0. The van der Waals surface area contributed by atoms with Gasteiger partial charge in [-0.15, -0.1) is 0 Å². The molecule has 0 fully saturated rings. The van der Waals surface area contributed by atoms with Gasteiger partial charge in [0.25, 0.3) is 5.91 Å². The highest BCUT2D eigenvalue weighted by Crippen LogP contribution is 2.36. The normalized spacial score (nSPS) is 11.0. The van der Waals surface area contributed by atoms with E-state index < -0.39 is 5.91 Å². The fraction of sp³-hybridized carbons (Fsp3) is 0.130. The van der Waals surface area contributed by atoms with Crippen LogP contribution in [0.2, 0.25) is 15.1 Å². The van der Waals surface area contributed by atoms with Gasteiger partial charge in [-0.05, 0) is 43.3 Å². The minimum atomic E-state index is -0.589. The van der Waals surface area contributed by atoms with Crippen LogP contribution in [0.3, 0.4) is 0 Å². The summed E-state index contributed by atoms with van der Waals surface area (Å²) < 4.78 is 16.7. The third-order valence-electron chi connectivity index (χ3n) is 4.09. The van der Waals surface area contributed by atoms with E-state index in [-0.39, 0.29) is 28.0 Å². The number of nitrogens with zero attached hydrogens (tertiary/aromatic N) is 1. The van der Waals surface area contributed by atoms with Gasteiger partial charge in [-0.1, -0.05) is 46.9 Å². The molecule has 164 valence electrons. The molecule has 32 heavy (non-hydrogen) atoms. The SMILES string of the molecule is CCOc1ccccc1NC(=O)C(C#N)=Cc1ccc(COc2c(Cl)cc(Cl)cc2Cl)o1. The van der Waals surface area contributed by atoms with E-state index in [0.717, 1.165) is 0 Å². The number of ether oxygens (including phenoxy) is 2. The smallest absolute Gasteiger partial charge is 0.266 e. The first-order valence-electron chi connectivity index (χ1n) is 9.42. The topological polar surface area (TPSA) is 84.5 Å². The number of anilines is 1. The van der Waals surface area contributed by atoms with Crippen molar-refractivity contribution < 1.29 is 18.7 Å². The highest BCUT2D eigenvalue weighted by molar-refractivity contribution is 6.40. The van der Waals surface area contributed by atoms with E-state index in [1.807, 2.05) is 13.0 Å². The van der Waals surface area contributed by atoms with Crippen molar-refractivity contribution in [2.75, 3.05) is 11.9 Å². The highest BCUT2D eigenvalue weighted by atomic mass is 35.5. The van der Waals surface area contributed by atoms with Gasteiger partial charge in [0, 0.05) is 11.1 Å². The lowest BCUT2D eigenvalue weighted by molar-refractivity contribution is -0.112. The van der Waals surface area contributed by atoms with Crippen LogP contribution in [-0.2, 0) is 11.4 Å². The quantitative estimate of drug-likeness (QED) is 0.278. The molecule has 3 aromatic rings. The van der Waals surface area contributed by atoms with Gasteiger partial charge in [-0.2, -0.15) is 5.26 Å². The third-order valence-corrected chi connectivity index (χ3v) is 4.87. The standard InChI is InChI=1S/C23H17Cl3N2O4/c1-2-30-21-6-4-3-5-20(21)28-23(29)14(12-27)9-16-7-8-17(32-16)13-31-22-18(25)10-15(24)11-19(22)26/h3-11H,2,13H2,1H3,(H,28,29).